The van der Waals surface area contributed by atoms with Crippen molar-refractivity contribution < 1.29 is 23.9 Å². The summed E-state index contributed by atoms with van der Waals surface area (Å²) in [7, 11) is 0. The molecule has 1 aromatic rings. The van der Waals surface area contributed by atoms with Crippen molar-refractivity contribution in [1.29, 1.82) is 0 Å². The fourth-order valence-corrected chi connectivity index (χ4v) is 3.86. The van der Waals surface area contributed by atoms with Crippen LogP contribution in [-0.2, 0) is 19.1 Å². The van der Waals surface area contributed by atoms with Crippen LogP contribution < -0.4 is 0 Å². The van der Waals surface area contributed by atoms with E-state index in [2.05, 4.69) is 0 Å². The summed E-state index contributed by atoms with van der Waals surface area (Å²) in [5.74, 6) is -0.431. The average molecular weight is 400 g/mol. The Bertz CT molecular complexity index is 764. The fourth-order valence-electron chi connectivity index (χ4n) is 3.86. The van der Waals surface area contributed by atoms with Crippen LogP contribution in [0.25, 0.3) is 6.08 Å². The summed E-state index contributed by atoms with van der Waals surface area (Å²) < 4.78 is 10.3. The second-order valence-corrected chi connectivity index (χ2v) is 7.47. The van der Waals surface area contributed by atoms with Crippen LogP contribution in [0.4, 0.5) is 4.79 Å². The van der Waals surface area contributed by atoms with Gasteiger partial charge in [-0.15, -0.1) is 0 Å². The molecular weight excluding hydrogens is 372 g/mol. The van der Waals surface area contributed by atoms with Crippen LogP contribution in [0.5, 0.6) is 0 Å². The SMILES string of the molecule is CCOC(=O)[C@]1(C/C=C/c2ccccc2)CCCN(C(=O)CN2CCOC2=O)C1. The number of cyclic esters (lactones) is 1. The zero-order chi connectivity index (χ0) is 20.7. The minimum atomic E-state index is -0.763. The molecule has 2 saturated heterocycles. The minimum Gasteiger partial charge on any atom is -0.466 e. The molecule has 7 heteroatoms. The van der Waals surface area contributed by atoms with Gasteiger partial charge in [-0.05, 0) is 31.7 Å². The zero-order valence-electron chi connectivity index (χ0n) is 16.8. The maximum absolute atomic E-state index is 12.8. The monoisotopic (exact) mass is 400 g/mol. The molecule has 0 radical (unpaired) electrons. The molecule has 2 fully saturated rings. The minimum absolute atomic E-state index is 0.0163. The zero-order valence-corrected chi connectivity index (χ0v) is 16.8. The van der Waals surface area contributed by atoms with E-state index in [9.17, 15) is 14.4 Å². The molecule has 2 aliphatic rings. The smallest absolute Gasteiger partial charge is 0.410 e. The van der Waals surface area contributed by atoms with Crippen molar-refractivity contribution >= 4 is 24.0 Å². The number of benzene rings is 1. The third-order valence-corrected chi connectivity index (χ3v) is 5.43. The number of esters is 1. The number of rotatable bonds is 7. The lowest BCUT2D eigenvalue weighted by molar-refractivity contribution is -0.160. The number of hydrogen-bond acceptors (Lipinski definition) is 5. The molecule has 3 rings (SSSR count). The number of hydrogen-bond donors (Lipinski definition) is 0. The second kappa shape index (κ2) is 9.58. The predicted octanol–water partition coefficient (Wildman–Crippen LogP) is 2.71. The number of carbonyl (C=O) groups excluding carboxylic acids is 3. The second-order valence-electron chi connectivity index (χ2n) is 7.47. The maximum atomic E-state index is 12.8. The summed E-state index contributed by atoms with van der Waals surface area (Å²) in [6.07, 6.45) is 5.39. The van der Waals surface area contributed by atoms with Crippen LogP contribution in [0.3, 0.4) is 0 Å². The van der Waals surface area contributed by atoms with Gasteiger partial charge in [0.25, 0.3) is 0 Å². The quantitative estimate of drug-likeness (QED) is 0.658. The highest BCUT2D eigenvalue weighted by Crippen LogP contribution is 2.36. The van der Waals surface area contributed by atoms with Gasteiger partial charge in [-0.2, -0.15) is 0 Å². The molecule has 0 saturated carbocycles. The van der Waals surface area contributed by atoms with Crippen molar-refractivity contribution in [3.63, 3.8) is 0 Å². The normalized spacial score (nSPS) is 22.0. The molecule has 0 spiro atoms. The first kappa shape index (κ1) is 20.9. The van der Waals surface area contributed by atoms with Crippen LogP contribution in [0.1, 0.15) is 31.7 Å². The average Bonchev–Trinajstić information content (AvgIpc) is 3.13. The number of piperidine rings is 1. The maximum Gasteiger partial charge on any atom is 0.410 e. The van der Waals surface area contributed by atoms with Crippen molar-refractivity contribution in [3.05, 3.63) is 42.0 Å². The highest BCUT2D eigenvalue weighted by molar-refractivity contribution is 5.84. The van der Waals surface area contributed by atoms with E-state index in [1.54, 1.807) is 11.8 Å². The summed E-state index contributed by atoms with van der Waals surface area (Å²) in [6, 6.07) is 9.88. The van der Waals surface area contributed by atoms with Crippen molar-refractivity contribution in [1.82, 2.24) is 9.80 Å². The molecule has 156 valence electrons. The van der Waals surface area contributed by atoms with Gasteiger partial charge in [-0.25, -0.2) is 4.79 Å². The molecule has 29 heavy (non-hydrogen) atoms. The number of amides is 2. The van der Waals surface area contributed by atoms with Crippen LogP contribution in [0.15, 0.2) is 36.4 Å². The Balaban J connectivity index is 1.71. The lowest BCUT2D eigenvalue weighted by Crippen LogP contribution is -2.52. The number of ether oxygens (including phenoxy) is 2. The third kappa shape index (κ3) is 5.16. The van der Waals surface area contributed by atoms with Gasteiger partial charge < -0.3 is 14.4 Å². The summed E-state index contributed by atoms with van der Waals surface area (Å²) in [5, 5.41) is 0. The first-order valence-electron chi connectivity index (χ1n) is 10.1. The number of nitrogens with zero attached hydrogens (tertiary/aromatic N) is 2. The molecule has 0 N–H and O–H groups in total. The van der Waals surface area contributed by atoms with E-state index in [0.29, 0.717) is 52.1 Å². The van der Waals surface area contributed by atoms with Crippen molar-refractivity contribution in [2.45, 2.75) is 26.2 Å². The van der Waals surface area contributed by atoms with E-state index in [1.807, 2.05) is 42.5 Å². The largest absolute Gasteiger partial charge is 0.466 e. The molecule has 2 amide bonds. The van der Waals surface area contributed by atoms with E-state index in [-0.39, 0.29) is 18.4 Å². The highest BCUT2D eigenvalue weighted by atomic mass is 16.6. The van der Waals surface area contributed by atoms with Gasteiger partial charge >= 0.3 is 12.1 Å². The first-order chi connectivity index (χ1) is 14.0. The highest BCUT2D eigenvalue weighted by Gasteiger charge is 2.44. The summed E-state index contributed by atoms with van der Waals surface area (Å²) >= 11 is 0. The van der Waals surface area contributed by atoms with E-state index in [1.165, 1.54) is 4.90 Å². The Morgan fingerprint density at radius 1 is 1.24 bits per heavy atom. The van der Waals surface area contributed by atoms with Gasteiger partial charge in [0.15, 0.2) is 0 Å². The molecule has 1 aromatic carbocycles. The van der Waals surface area contributed by atoms with Crippen molar-refractivity contribution in [2.24, 2.45) is 5.41 Å². The van der Waals surface area contributed by atoms with E-state index in [0.717, 1.165) is 5.56 Å². The summed E-state index contributed by atoms with van der Waals surface area (Å²) in [6.45, 7) is 3.67. The number of carbonyl (C=O) groups is 3. The number of allylic oxidation sites excluding steroid dienone is 1. The van der Waals surface area contributed by atoms with Crippen LogP contribution in [0, 0.1) is 5.41 Å². The van der Waals surface area contributed by atoms with E-state index < -0.39 is 11.5 Å². The molecular formula is C22H28N2O5. The molecule has 7 nitrogen and oxygen atoms in total. The standard InChI is InChI=1S/C22H28N2O5/c1-2-28-20(26)22(11-6-10-18-8-4-3-5-9-18)12-7-13-24(17-22)19(25)16-23-14-15-29-21(23)27/h3-6,8-10H,2,7,11-17H2,1H3/b10-6+/t22-/m1/s1. The Hall–Kier alpha value is -2.83. The summed E-state index contributed by atoms with van der Waals surface area (Å²) in [5.41, 5.74) is 0.295. The Morgan fingerprint density at radius 2 is 2.03 bits per heavy atom. The van der Waals surface area contributed by atoms with Gasteiger partial charge in [0.2, 0.25) is 5.91 Å². The van der Waals surface area contributed by atoms with Crippen LogP contribution in [0.2, 0.25) is 0 Å². The Labute approximate surface area is 171 Å². The predicted molar refractivity (Wildman–Crippen MR) is 108 cm³/mol. The molecule has 0 bridgehead atoms. The van der Waals surface area contributed by atoms with Crippen LogP contribution in [-0.4, -0.2) is 67.2 Å². The van der Waals surface area contributed by atoms with E-state index >= 15 is 0 Å². The molecule has 1 atom stereocenters. The molecule has 0 unspecified atom stereocenters. The number of likely N-dealkylation sites (tertiary alicyclic amines) is 1. The topological polar surface area (TPSA) is 76.2 Å². The fraction of sp³-hybridized carbons (Fsp3) is 0.500. The van der Waals surface area contributed by atoms with Gasteiger partial charge in [-0.1, -0.05) is 42.5 Å². The first-order valence-corrected chi connectivity index (χ1v) is 10.1. The third-order valence-electron chi connectivity index (χ3n) is 5.43. The Kier molecular flexibility index (Phi) is 6.90. The van der Waals surface area contributed by atoms with Gasteiger partial charge in [0, 0.05) is 13.1 Å². The van der Waals surface area contributed by atoms with Gasteiger partial charge in [-0.3, -0.25) is 14.5 Å². The molecule has 0 aliphatic carbocycles. The molecule has 0 aromatic heterocycles. The lowest BCUT2D eigenvalue weighted by Gasteiger charge is -2.40. The lowest BCUT2D eigenvalue weighted by atomic mass is 9.76. The molecule has 2 aliphatic heterocycles. The van der Waals surface area contributed by atoms with Crippen molar-refractivity contribution in [2.75, 3.05) is 39.4 Å². The van der Waals surface area contributed by atoms with E-state index in [4.69, 9.17) is 9.47 Å². The van der Waals surface area contributed by atoms with Crippen LogP contribution >= 0.6 is 0 Å². The van der Waals surface area contributed by atoms with Gasteiger partial charge in [0.05, 0.1) is 18.6 Å². The Morgan fingerprint density at radius 3 is 2.72 bits per heavy atom. The summed E-state index contributed by atoms with van der Waals surface area (Å²) in [4.78, 5) is 40.3. The van der Waals surface area contributed by atoms with Gasteiger partial charge in [0.1, 0.15) is 13.2 Å². The molecule has 2 heterocycles. The van der Waals surface area contributed by atoms with Crippen molar-refractivity contribution in [3.8, 4) is 0 Å².